The van der Waals surface area contributed by atoms with Crippen molar-refractivity contribution in [3.63, 3.8) is 0 Å². The highest BCUT2D eigenvalue weighted by Crippen LogP contribution is 2.18. The molecule has 2 N–H and O–H groups in total. The summed E-state index contributed by atoms with van der Waals surface area (Å²) in [4.78, 5) is 14.4. The van der Waals surface area contributed by atoms with Gasteiger partial charge >= 0.3 is 0 Å². The number of para-hydroxylation sites is 1. The molecule has 0 heterocycles. The van der Waals surface area contributed by atoms with Crippen LogP contribution in [0, 0.1) is 0 Å². The summed E-state index contributed by atoms with van der Waals surface area (Å²) >= 11 is 0. The number of carbonyl (C=O) groups excluding carboxylic acids is 1. The van der Waals surface area contributed by atoms with E-state index in [1.807, 2.05) is 47.4 Å². The van der Waals surface area contributed by atoms with Gasteiger partial charge < -0.3 is 15.4 Å². The molecule has 23 heavy (non-hydrogen) atoms. The normalized spacial score (nSPS) is 10.3. The van der Waals surface area contributed by atoms with Crippen LogP contribution in [0.15, 0.2) is 54.6 Å². The molecule has 4 nitrogen and oxygen atoms in total. The van der Waals surface area contributed by atoms with Gasteiger partial charge in [-0.05, 0) is 18.1 Å². The molecule has 0 fully saturated rings. The third-order valence-electron chi connectivity index (χ3n) is 3.80. The number of nitrogens with zero attached hydrogens (tertiary/aromatic N) is 1. The van der Waals surface area contributed by atoms with Crippen molar-refractivity contribution in [2.75, 3.05) is 26.7 Å². The number of ether oxygens (including phenoxy) is 1. The second-order valence-electron chi connectivity index (χ2n) is 5.39. The van der Waals surface area contributed by atoms with Crippen molar-refractivity contribution in [1.82, 2.24) is 4.90 Å². The second-order valence-corrected chi connectivity index (χ2v) is 5.39. The number of rotatable bonds is 8. The largest absolute Gasteiger partial charge is 0.496 e. The third kappa shape index (κ3) is 5.11. The van der Waals surface area contributed by atoms with E-state index in [-0.39, 0.29) is 5.91 Å². The number of hydrogen-bond donors (Lipinski definition) is 1. The summed E-state index contributed by atoms with van der Waals surface area (Å²) < 4.78 is 5.32. The summed E-state index contributed by atoms with van der Waals surface area (Å²) in [6.45, 7) is 1.71. The van der Waals surface area contributed by atoms with Gasteiger partial charge in [-0.2, -0.15) is 0 Å². The Kier molecular flexibility index (Phi) is 6.63. The van der Waals surface area contributed by atoms with Crippen LogP contribution in [-0.2, 0) is 17.6 Å². The van der Waals surface area contributed by atoms with E-state index in [9.17, 15) is 4.79 Å². The zero-order valence-electron chi connectivity index (χ0n) is 13.6. The average Bonchev–Trinajstić information content (AvgIpc) is 2.60. The molecule has 0 bridgehead atoms. The number of hydrogen-bond acceptors (Lipinski definition) is 3. The quantitative estimate of drug-likeness (QED) is 0.813. The van der Waals surface area contributed by atoms with Gasteiger partial charge in [0.05, 0.1) is 13.5 Å². The molecule has 0 atom stereocenters. The van der Waals surface area contributed by atoms with Crippen LogP contribution in [0.4, 0.5) is 0 Å². The third-order valence-corrected chi connectivity index (χ3v) is 3.80. The molecule has 0 aliphatic rings. The Morgan fingerprint density at radius 2 is 1.74 bits per heavy atom. The first kappa shape index (κ1) is 17.0. The molecule has 0 radical (unpaired) electrons. The Balaban J connectivity index is 2.00. The molecule has 0 saturated heterocycles. The van der Waals surface area contributed by atoms with Gasteiger partial charge in [-0.25, -0.2) is 0 Å². The summed E-state index contributed by atoms with van der Waals surface area (Å²) in [5, 5.41) is 0. The van der Waals surface area contributed by atoms with Crippen molar-refractivity contribution in [3.8, 4) is 5.75 Å². The summed E-state index contributed by atoms with van der Waals surface area (Å²) in [6, 6.07) is 17.8. The maximum Gasteiger partial charge on any atom is 0.227 e. The minimum Gasteiger partial charge on any atom is -0.496 e. The minimum atomic E-state index is 0.0795. The molecule has 2 aromatic rings. The van der Waals surface area contributed by atoms with Crippen LogP contribution in [0.3, 0.4) is 0 Å². The van der Waals surface area contributed by atoms with Gasteiger partial charge in [0.1, 0.15) is 5.75 Å². The molecule has 0 saturated carbocycles. The number of carbonyl (C=O) groups is 1. The predicted molar refractivity (Wildman–Crippen MR) is 92.5 cm³/mol. The van der Waals surface area contributed by atoms with Gasteiger partial charge in [-0.1, -0.05) is 48.5 Å². The summed E-state index contributed by atoms with van der Waals surface area (Å²) in [6.07, 6.45) is 1.16. The lowest BCUT2D eigenvalue weighted by molar-refractivity contribution is -0.130. The highest BCUT2D eigenvalue weighted by molar-refractivity contribution is 5.79. The van der Waals surface area contributed by atoms with Crippen molar-refractivity contribution < 1.29 is 9.53 Å². The molecule has 0 spiro atoms. The SMILES string of the molecule is COc1ccccc1CC(=O)N(CCN)CCc1ccccc1. The van der Waals surface area contributed by atoms with E-state index < -0.39 is 0 Å². The molecule has 0 aromatic heterocycles. The Bertz CT molecular complexity index is 614. The van der Waals surface area contributed by atoms with Crippen LogP contribution in [-0.4, -0.2) is 37.6 Å². The first-order valence-electron chi connectivity index (χ1n) is 7.88. The molecule has 122 valence electrons. The Morgan fingerprint density at radius 1 is 1.04 bits per heavy atom. The fourth-order valence-electron chi connectivity index (χ4n) is 2.55. The zero-order chi connectivity index (χ0) is 16.5. The summed E-state index contributed by atoms with van der Waals surface area (Å²) in [5.41, 5.74) is 7.79. The van der Waals surface area contributed by atoms with Gasteiger partial charge in [0.25, 0.3) is 0 Å². The molecule has 2 rings (SSSR count). The Hall–Kier alpha value is -2.33. The van der Waals surface area contributed by atoms with Crippen LogP contribution < -0.4 is 10.5 Å². The molecule has 2 aromatic carbocycles. The van der Waals surface area contributed by atoms with Crippen LogP contribution in [0.2, 0.25) is 0 Å². The number of methoxy groups -OCH3 is 1. The zero-order valence-corrected chi connectivity index (χ0v) is 13.6. The van der Waals surface area contributed by atoms with E-state index in [1.54, 1.807) is 7.11 Å². The fourth-order valence-corrected chi connectivity index (χ4v) is 2.55. The van der Waals surface area contributed by atoms with Crippen molar-refractivity contribution in [2.24, 2.45) is 5.73 Å². The van der Waals surface area contributed by atoms with Crippen LogP contribution in [0.1, 0.15) is 11.1 Å². The monoisotopic (exact) mass is 312 g/mol. The van der Waals surface area contributed by atoms with Crippen molar-refractivity contribution in [1.29, 1.82) is 0 Å². The lowest BCUT2D eigenvalue weighted by atomic mass is 10.1. The van der Waals surface area contributed by atoms with Gasteiger partial charge in [0, 0.05) is 25.2 Å². The van der Waals surface area contributed by atoms with E-state index in [1.165, 1.54) is 5.56 Å². The first-order valence-corrected chi connectivity index (χ1v) is 7.88. The van der Waals surface area contributed by atoms with Crippen LogP contribution >= 0.6 is 0 Å². The molecule has 4 heteroatoms. The predicted octanol–water partition coefficient (Wildman–Crippen LogP) is 2.27. The topological polar surface area (TPSA) is 55.6 Å². The van der Waals surface area contributed by atoms with Gasteiger partial charge in [-0.3, -0.25) is 4.79 Å². The maximum atomic E-state index is 12.6. The van der Waals surface area contributed by atoms with Gasteiger partial charge in [-0.15, -0.1) is 0 Å². The average molecular weight is 312 g/mol. The smallest absolute Gasteiger partial charge is 0.227 e. The van der Waals surface area contributed by atoms with Crippen molar-refractivity contribution in [3.05, 3.63) is 65.7 Å². The highest BCUT2D eigenvalue weighted by Gasteiger charge is 2.15. The molecule has 0 aliphatic carbocycles. The van der Waals surface area contributed by atoms with Crippen LogP contribution in [0.25, 0.3) is 0 Å². The standard InChI is InChI=1S/C19H24N2O2/c1-23-18-10-6-5-9-17(18)15-19(22)21(14-12-20)13-11-16-7-3-2-4-8-16/h2-10H,11-15,20H2,1H3. The van der Waals surface area contributed by atoms with Crippen molar-refractivity contribution >= 4 is 5.91 Å². The number of benzene rings is 2. The fraction of sp³-hybridized carbons (Fsp3) is 0.316. The molecule has 0 unspecified atom stereocenters. The van der Waals surface area contributed by atoms with E-state index in [0.29, 0.717) is 26.1 Å². The van der Waals surface area contributed by atoms with Crippen LogP contribution in [0.5, 0.6) is 5.75 Å². The molecular weight excluding hydrogens is 288 g/mol. The van der Waals surface area contributed by atoms with E-state index in [0.717, 1.165) is 17.7 Å². The number of amides is 1. The Labute approximate surface area is 137 Å². The van der Waals surface area contributed by atoms with Gasteiger partial charge in [0.2, 0.25) is 5.91 Å². The second kappa shape index (κ2) is 8.96. The number of nitrogens with two attached hydrogens (primary N) is 1. The molecule has 0 aliphatic heterocycles. The first-order chi connectivity index (χ1) is 11.2. The minimum absolute atomic E-state index is 0.0795. The maximum absolute atomic E-state index is 12.6. The van der Waals surface area contributed by atoms with Crippen molar-refractivity contribution in [2.45, 2.75) is 12.8 Å². The molecular formula is C19H24N2O2. The molecule has 1 amide bonds. The van der Waals surface area contributed by atoms with E-state index in [2.05, 4.69) is 12.1 Å². The highest BCUT2D eigenvalue weighted by atomic mass is 16.5. The lowest BCUT2D eigenvalue weighted by Gasteiger charge is -2.22. The summed E-state index contributed by atoms with van der Waals surface area (Å²) in [7, 11) is 1.62. The summed E-state index contributed by atoms with van der Waals surface area (Å²) in [5.74, 6) is 0.826. The lowest BCUT2D eigenvalue weighted by Crippen LogP contribution is -2.37. The van der Waals surface area contributed by atoms with E-state index in [4.69, 9.17) is 10.5 Å². The Morgan fingerprint density at radius 3 is 2.43 bits per heavy atom. The van der Waals surface area contributed by atoms with Gasteiger partial charge in [0.15, 0.2) is 0 Å². The van der Waals surface area contributed by atoms with E-state index >= 15 is 0 Å².